The van der Waals surface area contributed by atoms with E-state index in [0.29, 0.717) is 16.4 Å². The molecule has 0 aliphatic carbocycles. The van der Waals surface area contributed by atoms with Crippen LogP contribution in [0.2, 0.25) is 0 Å². The summed E-state index contributed by atoms with van der Waals surface area (Å²) in [6.07, 6.45) is 2.41. The Morgan fingerprint density at radius 2 is 1.80 bits per heavy atom. The Kier molecular flexibility index (Phi) is 3.40. The molecule has 2 nitrogen and oxygen atoms in total. The summed E-state index contributed by atoms with van der Waals surface area (Å²) >= 11 is 3.27. The Labute approximate surface area is 124 Å². The zero-order valence-corrected chi connectivity index (χ0v) is 12.1. The third-order valence-electron chi connectivity index (χ3n) is 3.16. The van der Waals surface area contributed by atoms with Crippen LogP contribution < -0.4 is 0 Å². The van der Waals surface area contributed by atoms with E-state index in [-0.39, 0.29) is 11.6 Å². The van der Waals surface area contributed by atoms with E-state index in [2.05, 4.69) is 20.9 Å². The Bertz CT molecular complexity index is 771. The molecule has 0 spiro atoms. The summed E-state index contributed by atoms with van der Waals surface area (Å²) < 4.78 is 13.5. The Morgan fingerprint density at radius 3 is 2.55 bits per heavy atom. The fourth-order valence-corrected chi connectivity index (χ4v) is 2.46. The smallest absolute Gasteiger partial charge is 0.156 e. The van der Waals surface area contributed by atoms with Crippen molar-refractivity contribution in [2.45, 2.75) is 6.42 Å². The SMILES string of the molecule is Oc1c(Br)ccc2cc(Cc3ccc(F)cc3)cnc12. The Morgan fingerprint density at radius 1 is 1.05 bits per heavy atom. The van der Waals surface area contributed by atoms with Crippen molar-refractivity contribution < 1.29 is 9.50 Å². The van der Waals surface area contributed by atoms with Gasteiger partial charge in [0.15, 0.2) is 5.75 Å². The van der Waals surface area contributed by atoms with Crippen molar-refractivity contribution in [3.05, 3.63) is 70.1 Å². The zero-order valence-electron chi connectivity index (χ0n) is 10.5. The highest BCUT2D eigenvalue weighted by atomic mass is 79.9. The van der Waals surface area contributed by atoms with E-state index in [1.807, 2.05) is 12.1 Å². The van der Waals surface area contributed by atoms with Crippen LogP contribution in [-0.4, -0.2) is 10.1 Å². The zero-order chi connectivity index (χ0) is 14.1. The Balaban J connectivity index is 1.97. The molecule has 0 aliphatic rings. The normalized spacial score (nSPS) is 10.9. The van der Waals surface area contributed by atoms with E-state index in [9.17, 15) is 9.50 Å². The molecule has 0 radical (unpaired) electrons. The van der Waals surface area contributed by atoms with Gasteiger partial charge in [0.2, 0.25) is 0 Å². The first-order chi connectivity index (χ1) is 9.63. The van der Waals surface area contributed by atoms with Crippen LogP contribution in [0.5, 0.6) is 5.75 Å². The van der Waals surface area contributed by atoms with E-state index in [1.165, 1.54) is 12.1 Å². The van der Waals surface area contributed by atoms with Gasteiger partial charge in [-0.1, -0.05) is 18.2 Å². The van der Waals surface area contributed by atoms with Crippen LogP contribution in [0.1, 0.15) is 11.1 Å². The number of aromatic hydroxyl groups is 1. The van der Waals surface area contributed by atoms with Crippen molar-refractivity contribution in [1.29, 1.82) is 0 Å². The molecule has 0 saturated heterocycles. The molecule has 1 aromatic heterocycles. The highest BCUT2D eigenvalue weighted by Gasteiger charge is 2.06. The first kappa shape index (κ1) is 13.1. The molecule has 0 aliphatic heterocycles. The molecule has 0 fully saturated rings. The second-order valence-corrected chi connectivity index (χ2v) is 5.47. The standard InChI is InChI=1S/C16H11BrFNO/c17-14-6-3-12-8-11(9-19-15(12)16(14)20)7-10-1-4-13(18)5-2-10/h1-6,8-9,20H,7H2. The van der Waals surface area contributed by atoms with Gasteiger partial charge in [0.25, 0.3) is 0 Å². The number of hydrogen-bond acceptors (Lipinski definition) is 2. The highest BCUT2D eigenvalue weighted by Crippen LogP contribution is 2.31. The van der Waals surface area contributed by atoms with Crippen LogP contribution >= 0.6 is 15.9 Å². The number of fused-ring (bicyclic) bond motifs is 1. The number of phenolic OH excluding ortho intramolecular Hbond substituents is 1. The van der Waals surface area contributed by atoms with Gasteiger partial charge >= 0.3 is 0 Å². The lowest BCUT2D eigenvalue weighted by Gasteiger charge is -2.06. The number of pyridine rings is 1. The molecule has 4 heteroatoms. The van der Waals surface area contributed by atoms with Crippen molar-refractivity contribution >= 4 is 26.8 Å². The molecule has 1 N–H and O–H groups in total. The van der Waals surface area contributed by atoms with Crippen molar-refractivity contribution in [1.82, 2.24) is 4.98 Å². The van der Waals surface area contributed by atoms with Crippen LogP contribution in [0.4, 0.5) is 4.39 Å². The predicted octanol–water partition coefficient (Wildman–Crippen LogP) is 4.43. The number of hydrogen-bond donors (Lipinski definition) is 1. The highest BCUT2D eigenvalue weighted by molar-refractivity contribution is 9.10. The summed E-state index contributed by atoms with van der Waals surface area (Å²) in [4.78, 5) is 4.30. The van der Waals surface area contributed by atoms with Crippen molar-refractivity contribution in [2.24, 2.45) is 0 Å². The molecule has 3 rings (SSSR count). The van der Waals surface area contributed by atoms with Gasteiger partial charge in [-0.15, -0.1) is 0 Å². The van der Waals surface area contributed by atoms with Crippen LogP contribution in [0.25, 0.3) is 10.9 Å². The molecule has 2 aromatic carbocycles. The molecule has 3 aromatic rings. The van der Waals surface area contributed by atoms with Gasteiger partial charge in [0.1, 0.15) is 11.3 Å². The molecule has 0 saturated carbocycles. The second kappa shape index (κ2) is 5.21. The summed E-state index contributed by atoms with van der Waals surface area (Å²) in [5, 5.41) is 10.8. The molecule has 0 amide bonds. The van der Waals surface area contributed by atoms with E-state index in [4.69, 9.17) is 0 Å². The number of phenols is 1. The van der Waals surface area contributed by atoms with Gasteiger partial charge < -0.3 is 5.11 Å². The van der Waals surface area contributed by atoms with E-state index in [0.717, 1.165) is 16.5 Å². The number of halogens is 2. The van der Waals surface area contributed by atoms with E-state index < -0.39 is 0 Å². The minimum Gasteiger partial charge on any atom is -0.505 e. The third-order valence-corrected chi connectivity index (χ3v) is 3.79. The number of nitrogens with zero attached hydrogens (tertiary/aromatic N) is 1. The minimum absolute atomic E-state index is 0.149. The fourth-order valence-electron chi connectivity index (χ4n) is 2.14. The fraction of sp³-hybridized carbons (Fsp3) is 0.0625. The van der Waals surface area contributed by atoms with Crippen molar-refractivity contribution in [2.75, 3.05) is 0 Å². The average Bonchev–Trinajstić information content (AvgIpc) is 2.46. The lowest BCUT2D eigenvalue weighted by atomic mass is 10.0. The summed E-state index contributed by atoms with van der Waals surface area (Å²) in [5.74, 6) is -0.0870. The number of aromatic nitrogens is 1. The Hall–Kier alpha value is -1.94. The van der Waals surface area contributed by atoms with E-state index in [1.54, 1.807) is 24.4 Å². The topological polar surface area (TPSA) is 33.1 Å². The van der Waals surface area contributed by atoms with Crippen LogP contribution in [0, 0.1) is 5.82 Å². The van der Waals surface area contributed by atoms with E-state index >= 15 is 0 Å². The van der Waals surface area contributed by atoms with Crippen LogP contribution in [0.15, 0.2) is 53.1 Å². The van der Waals surface area contributed by atoms with Crippen LogP contribution in [0.3, 0.4) is 0 Å². The maximum atomic E-state index is 12.9. The molecule has 0 unspecified atom stereocenters. The van der Waals surface area contributed by atoms with Crippen LogP contribution in [-0.2, 0) is 6.42 Å². The molecule has 0 bridgehead atoms. The van der Waals surface area contributed by atoms with Crippen molar-refractivity contribution in [3.8, 4) is 5.75 Å². The summed E-state index contributed by atoms with van der Waals surface area (Å²) in [5.41, 5.74) is 2.61. The molecular weight excluding hydrogens is 321 g/mol. The lowest BCUT2D eigenvalue weighted by molar-refractivity contribution is 0.477. The molecule has 0 atom stereocenters. The van der Waals surface area contributed by atoms with Gasteiger partial charge in [-0.3, -0.25) is 4.98 Å². The third kappa shape index (κ3) is 2.51. The number of benzene rings is 2. The predicted molar refractivity (Wildman–Crippen MR) is 80.3 cm³/mol. The second-order valence-electron chi connectivity index (χ2n) is 4.61. The van der Waals surface area contributed by atoms with Gasteiger partial charge in [-0.05, 0) is 57.7 Å². The minimum atomic E-state index is -0.236. The number of rotatable bonds is 2. The van der Waals surface area contributed by atoms with Gasteiger partial charge in [0.05, 0.1) is 4.47 Å². The average molecular weight is 332 g/mol. The summed E-state index contributed by atoms with van der Waals surface area (Å²) in [7, 11) is 0. The molecule has 100 valence electrons. The van der Waals surface area contributed by atoms with Gasteiger partial charge in [-0.25, -0.2) is 4.39 Å². The summed E-state index contributed by atoms with van der Waals surface area (Å²) in [6.45, 7) is 0. The van der Waals surface area contributed by atoms with Crippen molar-refractivity contribution in [3.63, 3.8) is 0 Å². The molecule has 20 heavy (non-hydrogen) atoms. The van der Waals surface area contributed by atoms with Gasteiger partial charge in [-0.2, -0.15) is 0 Å². The molecular formula is C16H11BrFNO. The first-order valence-electron chi connectivity index (χ1n) is 6.14. The lowest BCUT2D eigenvalue weighted by Crippen LogP contribution is -1.91. The first-order valence-corrected chi connectivity index (χ1v) is 6.93. The maximum absolute atomic E-state index is 12.9. The maximum Gasteiger partial charge on any atom is 0.156 e. The quantitative estimate of drug-likeness (QED) is 0.753. The summed E-state index contributed by atoms with van der Waals surface area (Å²) in [6, 6.07) is 12.1. The largest absolute Gasteiger partial charge is 0.505 e. The monoisotopic (exact) mass is 331 g/mol. The molecule has 1 heterocycles. The van der Waals surface area contributed by atoms with Gasteiger partial charge in [0, 0.05) is 11.6 Å².